The van der Waals surface area contributed by atoms with Crippen molar-refractivity contribution in [2.75, 3.05) is 0 Å². The highest BCUT2D eigenvalue weighted by Crippen LogP contribution is 2.36. The summed E-state index contributed by atoms with van der Waals surface area (Å²) >= 11 is 0. The molecule has 2 aromatic carbocycles. The highest BCUT2D eigenvalue weighted by Gasteiger charge is 2.25. The van der Waals surface area contributed by atoms with Crippen molar-refractivity contribution in [1.29, 1.82) is 0 Å². The molecule has 1 amide bonds. The normalized spacial score (nSPS) is 13.7. The summed E-state index contributed by atoms with van der Waals surface area (Å²) in [5.74, 6) is 1.62. The van der Waals surface area contributed by atoms with Crippen LogP contribution in [0, 0.1) is 13.8 Å². The number of hydrogen-bond donors (Lipinski definition) is 1. The Morgan fingerprint density at radius 3 is 2.53 bits per heavy atom. The molecule has 7 heteroatoms. The highest BCUT2D eigenvalue weighted by molar-refractivity contribution is 5.95. The van der Waals surface area contributed by atoms with Gasteiger partial charge in [0, 0.05) is 24.2 Å². The zero-order chi connectivity index (χ0) is 22.1. The van der Waals surface area contributed by atoms with Gasteiger partial charge in [0.1, 0.15) is 0 Å². The van der Waals surface area contributed by atoms with E-state index < -0.39 is 0 Å². The lowest BCUT2D eigenvalue weighted by molar-refractivity contribution is 0.0950. The first-order valence-electron chi connectivity index (χ1n) is 10.9. The molecule has 1 fully saturated rings. The molecule has 2 heterocycles. The summed E-state index contributed by atoms with van der Waals surface area (Å²) in [6.07, 6.45) is 5.24. The maximum atomic E-state index is 12.7. The summed E-state index contributed by atoms with van der Waals surface area (Å²) < 4.78 is 7.14. The molecule has 162 valence electrons. The van der Waals surface area contributed by atoms with Gasteiger partial charge in [-0.05, 0) is 56.5 Å². The van der Waals surface area contributed by atoms with E-state index in [9.17, 15) is 4.79 Å². The predicted octanol–water partition coefficient (Wildman–Crippen LogP) is 4.74. The topological polar surface area (TPSA) is 85.8 Å². The Morgan fingerprint density at radius 1 is 1.09 bits per heavy atom. The standard InChI is InChI=1S/C25H25N5O2/c1-16-6-8-18(9-7-16)14-26-24(31)22-15-30(28-17(22)2)21-12-10-19(11-13-21)23-27-25(32-29-23)20-4-3-5-20/h6-13,15,20H,3-5,14H2,1-2H3,(H,26,31). The van der Waals surface area contributed by atoms with E-state index in [2.05, 4.69) is 20.6 Å². The Morgan fingerprint density at radius 2 is 1.84 bits per heavy atom. The van der Waals surface area contributed by atoms with Crippen LogP contribution in [0.15, 0.2) is 59.3 Å². The van der Waals surface area contributed by atoms with Crippen LogP contribution in [0.4, 0.5) is 0 Å². The summed E-state index contributed by atoms with van der Waals surface area (Å²) in [5, 5.41) is 11.6. The van der Waals surface area contributed by atoms with Gasteiger partial charge >= 0.3 is 0 Å². The van der Waals surface area contributed by atoms with Crippen molar-refractivity contribution in [2.45, 2.75) is 45.6 Å². The van der Waals surface area contributed by atoms with Crippen LogP contribution in [-0.4, -0.2) is 25.8 Å². The zero-order valence-electron chi connectivity index (χ0n) is 18.2. The van der Waals surface area contributed by atoms with Gasteiger partial charge in [-0.1, -0.05) is 41.4 Å². The van der Waals surface area contributed by atoms with Crippen molar-refractivity contribution in [3.8, 4) is 17.1 Å². The number of nitrogens with zero attached hydrogens (tertiary/aromatic N) is 4. The molecular weight excluding hydrogens is 402 g/mol. The Kier molecular flexibility index (Phi) is 5.31. The second kappa shape index (κ2) is 8.42. The monoisotopic (exact) mass is 427 g/mol. The van der Waals surface area contributed by atoms with Gasteiger partial charge in [-0.25, -0.2) is 4.68 Å². The van der Waals surface area contributed by atoms with E-state index >= 15 is 0 Å². The third kappa shape index (κ3) is 4.06. The molecule has 1 saturated carbocycles. The average molecular weight is 428 g/mol. The van der Waals surface area contributed by atoms with Gasteiger partial charge in [0.05, 0.1) is 16.9 Å². The molecule has 0 atom stereocenters. The first-order chi connectivity index (χ1) is 15.6. The maximum Gasteiger partial charge on any atom is 0.255 e. The molecule has 1 N–H and O–H groups in total. The molecule has 0 radical (unpaired) electrons. The SMILES string of the molecule is Cc1ccc(CNC(=O)c2cn(-c3ccc(-c4noc(C5CCC5)n4)cc3)nc2C)cc1. The van der Waals surface area contributed by atoms with E-state index in [-0.39, 0.29) is 5.91 Å². The molecule has 1 aliphatic carbocycles. The second-order valence-electron chi connectivity index (χ2n) is 8.37. The van der Waals surface area contributed by atoms with Crippen LogP contribution < -0.4 is 5.32 Å². The lowest BCUT2D eigenvalue weighted by Crippen LogP contribution is -2.23. The van der Waals surface area contributed by atoms with Crippen LogP contribution in [0.1, 0.15) is 58.2 Å². The van der Waals surface area contributed by atoms with Gasteiger partial charge in [-0.2, -0.15) is 10.1 Å². The largest absolute Gasteiger partial charge is 0.348 e. The van der Waals surface area contributed by atoms with Gasteiger partial charge in [-0.3, -0.25) is 4.79 Å². The number of aryl methyl sites for hydroxylation is 2. The van der Waals surface area contributed by atoms with E-state index in [1.165, 1.54) is 12.0 Å². The number of rotatable bonds is 6. The smallest absolute Gasteiger partial charge is 0.255 e. The van der Waals surface area contributed by atoms with E-state index in [0.29, 0.717) is 29.5 Å². The number of carbonyl (C=O) groups is 1. The van der Waals surface area contributed by atoms with Crippen molar-refractivity contribution in [2.24, 2.45) is 0 Å². The second-order valence-corrected chi connectivity index (χ2v) is 8.37. The number of benzene rings is 2. The van der Waals surface area contributed by atoms with Gasteiger partial charge in [0.15, 0.2) is 0 Å². The fraction of sp³-hybridized carbons (Fsp3) is 0.280. The third-order valence-corrected chi connectivity index (χ3v) is 6.00. The van der Waals surface area contributed by atoms with Crippen LogP contribution in [-0.2, 0) is 6.54 Å². The molecule has 5 rings (SSSR count). The van der Waals surface area contributed by atoms with E-state index in [0.717, 1.165) is 35.5 Å². The Hall–Kier alpha value is -3.74. The van der Waals surface area contributed by atoms with Crippen LogP contribution in [0.25, 0.3) is 17.1 Å². The highest BCUT2D eigenvalue weighted by atomic mass is 16.5. The van der Waals surface area contributed by atoms with Crippen molar-refractivity contribution in [3.63, 3.8) is 0 Å². The van der Waals surface area contributed by atoms with Gasteiger partial charge in [0.25, 0.3) is 5.91 Å². The predicted molar refractivity (Wildman–Crippen MR) is 121 cm³/mol. The van der Waals surface area contributed by atoms with E-state index in [1.54, 1.807) is 10.9 Å². The molecule has 1 aliphatic rings. The minimum absolute atomic E-state index is 0.138. The number of hydrogen-bond acceptors (Lipinski definition) is 5. The minimum atomic E-state index is -0.138. The van der Waals surface area contributed by atoms with Gasteiger partial charge in [0.2, 0.25) is 11.7 Å². The minimum Gasteiger partial charge on any atom is -0.348 e. The van der Waals surface area contributed by atoms with Crippen molar-refractivity contribution >= 4 is 5.91 Å². The lowest BCUT2D eigenvalue weighted by atomic mass is 9.85. The fourth-order valence-corrected chi connectivity index (χ4v) is 3.74. The third-order valence-electron chi connectivity index (χ3n) is 6.00. The molecule has 4 aromatic rings. The summed E-state index contributed by atoms with van der Waals surface area (Å²) in [7, 11) is 0. The number of carbonyl (C=O) groups excluding carboxylic acids is 1. The molecule has 0 unspecified atom stereocenters. The Balaban J connectivity index is 1.28. The Bertz CT molecular complexity index is 1230. The van der Waals surface area contributed by atoms with Gasteiger partial charge in [-0.15, -0.1) is 0 Å². The molecule has 7 nitrogen and oxygen atoms in total. The molecule has 0 saturated heterocycles. The van der Waals surface area contributed by atoms with Gasteiger partial charge < -0.3 is 9.84 Å². The lowest BCUT2D eigenvalue weighted by Gasteiger charge is -2.20. The molecule has 0 bridgehead atoms. The molecule has 2 aromatic heterocycles. The van der Waals surface area contributed by atoms with Crippen LogP contribution in [0.3, 0.4) is 0 Å². The summed E-state index contributed by atoms with van der Waals surface area (Å²) in [6.45, 7) is 4.36. The first-order valence-corrected chi connectivity index (χ1v) is 10.9. The van der Waals surface area contributed by atoms with Crippen molar-refractivity contribution in [1.82, 2.24) is 25.2 Å². The van der Waals surface area contributed by atoms with Crippen molar-refractivity contribution in [3.05, 3.63) is 83.0 Å². The number of nitrogens with one attached hydrogen (secondary N) is 1. The quantitative estimate of drug-likeness (QED) is 0.480. The maximum absolute atomic E-state index is 12.7. The summed E-state index contributed by atoms with van der Waals surface area (Å²) in [4.78, 5) is 17.2. The first kappa shape index (κ1) is 20.2. The number of amides is 1. The summed E-state index contributed by atoms with van der Waals surface area (Å²) in [6, 6.07) is 15.9. The molecule has 0 aliphatic heterocycles. The summed E-state index contributed by atoms with van der Waals surface area (Å²) in [5.41, 5.74) is 5.25. The van der Waals surface area contributed by atoms with Crippen LogP contribution in [0.5, 0.6) is 0 Å². The molecular formula is C25H25N5O2. The average Bonchev–Trinajstić information content (AvgIpc) is 3.39. The van der Waals surface area contributed by atoms with E-state index in [1.807, 2.05) is 62.4 Å². The number of aromatic nitrogens is 4. The Labute approximate surface area is 186 Å². The van der Waals surface area contributed by atoms with E-state index in [4.69, 9.17) is 4.52 Å². The molecule has 32 heavy (non-hydrogen) atoms. The van der Waals surface area contributed by atoms with Crippen LogP contribution in [0.2, 0.25) is 0 Å². The van der Waals surface area contributed by atoms with Crippen molar-refractivity contribution < 1.29 is 9.32 Å². The molecule has 0 spiro atoms. The van der Waals surface area contributed by atoms with Crippen LogP contribution >= 0.6 is 0 Å². The fourth-order valence-electron chi connectivity index (χ4n) is 3.74. The zero-order valence-corrected chi connectivity index (χ0v) is 18.2.